The maximum Gasteiger partial charge on any atom is 0.219 e. The third-order valence-electron chi connectivity index (χ3n) is 4.22. The molecule has 0 aromatic rings. The van der Waals surface area contributed by atoms with Crippen LogP contribution in [-0.4, -0.2) is 53.8 Å². The van der Waals surface area contributed by atoms with E-state index in [9.17, 15) is 4.79 Å². The molecule has 0 radical (unpaired) electrons. The van der Waals surface area contributed by atoms with Gasteiger partial charge in [0.2, 0.25) is 5.91 Å². The second-order valence-corrected chi connectivity index (χ2v) is 6.48. The summed E-state index contributed by atoms with van der Waals surface area (Å²) in [5, 5.41) is 1.09. The van der Waals surface area contributed by atoms with Gasteiger partial charge in [0.25, 0.3) is 0 Å². The van der Waals surface area contributed by atoms with Crippen LogP contribution in [0.15, 0.2) is 0 Å². The molecule has 0 aromatic carbocycles. The van der Waals surface area contributed by atoms with E-state index in [4.69, 9.17) is 0 Å². The van der Waals surface area contributed by atoms with Crippen LogP contribution in [0.1, 0.15) is 46.5 Å². The SMILES string of the molecule is CCCC(CBr)(CCC)CN1CCN(C(C)=O)CC1. The second kappa shape index (κ2) is 8.25. The lowest BCUT2D eigenvalue weighted by Gasteiger charge is -2.41. The zero-order valence-corrected chi connectivity index (χ0v) is 14.3. The first kappa shape index (κ1) is 17.0. The van der Waals surface area contributed by atoms with Crippen LogP contribution in [0.2, 0.25) is 0 Å². The van der Waals surface area contributed by atoms with Crippen LogP contribution in [0.25, 0.3) is 0 Å². The third kappa shape index (κ3) is 5.07. The Morgan fingerprint density at radius 1 is 1.11 bits per heavy atom. The number of hydrogen-bond acceptors (Lipinski definition) is 2. The molecule has 0 spiro atoms. The summed E-state index contributed by atoms with van der Waals surface area (Å²) in [4.78, 5) is 15.9. The first-order valence-electron chi connectivity index (χ1n) is 7.60. The highest BCUT2D eigenvalue weighted by Crippen LogP contribution is 2.33. The van der Waals surface area contributed by atoms with Crippen molar-refractivity contribution in [1.29, 1.82) is 0 Å². The van der Waals surface area contributed by atoms with E-state index in [2.05, 4.69) is 34.7 Å². The highest BCUT2D eigenvalue weighted by molar-refractivity contribution is 9.09. The second-order valence-electron chi connectivity index (χ2n) is 5.92. The fraction of sp³-hybridized carbons (Fsp3) is 0.933. The molecule has 1 aliphatic heterocycles. The van der Waals surface area contributed by atoms with Gasteiger partial charge in [-0.1, -0.05) is 42.6 Å². The minimum atomic E-state index is 0.216. The first-order chi connectivity index (χ1) is 9.06. The number of rotatable bonds is 7. The van der Waals surface area contributed by atoms with Gasteiger partial charge in [-0.25, -0.2) is 0 Å². The van der Waals surface area contributed by atoms with Gasteiger partial charge in [-0.05, 0) is 18.3 Å². The lowest BCUT2D eigenvalue weighted by atomic mass is 9.80. The number of nitrogens with zero attached hydrogens (tertiary/aromatic N) is 2. The molecule has 112 valence electrons. The predicted molar refractivity (Wildman–Crippen MR) is 84.7 cm³/mol. The van der Waals surface area contributed by atoms with Crippen LogP contribution in [-0.2, 0) is 4.79 Å². The molecule has 0 N–H and O–H groups in total. The van der Waals surface area contributed by atoms with Gasteiger partial charge in [0.05, 0.1) is 0 Å². The summed E-state index contributed by atoms with van der Waals surface area (Å²) in [6.45, 7) is 11.3. The number of carbonyl (C=O) groups is 1. The summed E-state index contributed by atoms with van der Waals surface area (Å²) in [6, 6.07) is 0. The summed E-state index contributed by atoms with van der Waals surface area (Å²) >= 11 is 3.75. The van der Waals surface area contributed by atoms with Crippen molar-refractivity contribution in [1.82, 2.24) is 9.80 Å². The zero-order valence-electron chi connectivity index (χ0n) is 12.8. The molecule has 1 fully saturated rings. The van der Waals surface area contributed by atoms with E-state index in [-0.39, 0.29) is 5.91 Å². The van der Waals surface area contributed by atoms with Crippen molar-refractivity contribution in [3.05, 3.63) is 0 Å². The quantitative estimate of drug-likeness (QED) is 0.668. The Bertz CT molecular complexity index is 269. The van der Waals surface area contributed by atoms with E-state index in [1.807, 2.05) is 4.90 Å². The van der Waals surface area contributed by atoms with E-state index in [1.165, 1.54) is 32.2 Å². The van der Waals surface area contributed by atoms with E-state index >= 15 is 0 Å². The van der Waals surface area contributed by atoms with Crippen LogP contribution < -0.4 is 0 Å². The van der Waals surface area contributed by atoms with E-state index in [0.717, 1.165) is 31.5 Å². The molecule has 1 amide bonds. The Morgan fingerprint density at radius 2 is 1.63 bits per heavy atom. The van der Waals surface area contributed by atoms with Gasteiger partial charge in [-0.2, -0.15) is 0 Å². The van der Waals surface area contributed by atoms with Crippen molar-refractivity contribution in [2.75, 3.05) is 38.1 Å². The van der Waals surface area contributed by atoms with Gasteiger partial charge in [0.15, 0.2) is 0 Å². The topological polar surface area (TPSA) is 23.6 Å². The average Bonchev–Trinajstić information content (AvgIpc) is 2.40. The highest BCUT2D eigenvalue weighted by atomic mass is 79.9. The highest BCUT2D eigenvalue weighted by Gasteiger charge is 2.31. The Labute approximate surface area is 126 Å². The lowest BCUT2D eigenvalue weighted by molar-refractivity contribution is -0.130. The van der Waals surface area contributed by atoms with Crippen molar-refractivity contribution in [2.45, 2.75) is 46.5 Å². The molecule has 0 atom stereocenters. The summed E-state index contributed by atoms with van der Waals surface area (Å²) in [7, 11) is 0. The lowest BCUT2D eigenvalue weighted by Crippen LogP contribution is -2.51. The Morgan fingerprint density at radius 3 is 2.00 bits per heavy atom. The van der Waals surface area contributed by atoms with Gasteiger partial charge in [0, 0.05) is 45.0 Å². The molecule has 1 aliphatic rings. The van der Waals surface area contributed by atoms with Crippen molar-refractivity contribution in [3.8, 4) is 0 Å². The van der Waals surface area contributed by atoms with Crippen molar-refractivity contribution in [2.24, 2.45) is 5.41 Å². The minimum Gasteiger partial charge on any atom is -0.340 e. The minimum absolute atomic E-state index is 0.216. The largest absolute Gasteiger partial charge is 0.340 e. The number of amides is 1. The molecule has 0 unspecified atom stereocenters. The molecule has 0 aromatic heterocycles. The van der Waals surface area contributed by atoms with E-state index < -0.39 is 0 Å². The predicted octanol–water partition coefficient (Wildman–Crippen LogP) is 3.13. The monoisotopic (exact) mass is 332 g/mol. The summed E-state index contributed by atoms with van der Waals surface area (Å²) in [6.07, 6.45) is 5.08. The number of alkyl halides is 1. The molecule has 19 heavy (non-hydrogen) atoms. The van der Waals surface area contributed by atoms with Crippen molar-refractivity contribution < 1.29 is 4.79 Å². The van der Waals surface area contributed by atoms with Crippen LogP contribution in [0.5, 0.6) is 0 Å². The molecule has 0 bridgehead atoms. The zero-order chi connectivity index (χ0) is 14.3. The van der Waals surface area contributed by atoms with Crippen LogP contribution in [0.3, 0.4) is 0 Å². The number of hydrogen-bond donors (Lipinski definition) is 0. The maximum absolute atomic E-state index is 11.4. The molecular weight excluding hydrogens is 304 g/mol. The van der Waals surface area contributed by atoms with E-state index in [1.54, 1.807) is 6.92 Å². The molecule has 1 heterocycles. The third-order valence-corrected chi connectivity index (χ3v) is 5.41. The fourth-order valence-corrected chi connectivity index (χ4v) is 3.95. The standard InChI is InChI=1S/C15H29BrN2O/c1-4-6-15(12-16,7-5-2)13-17-8-10-18(11-9-17)14(3)19/h4-13H2,1-3H3. The van der Waals surface area contributed by atoms with Crippen molar-refractivity contribution >= 4 is 21.8 Å². The Balaban J connectivity index is 2.53. The fourth-order valence-electron chi connectivity index (χ4n) is 3.21. The number of carbonyl (C=O) groups excluding carboxylic acids is 1. The Hall–Kier alpha value is -0.0900. The normalized spacial score (nSPS) is 17.8. The van der Waals surface area contributed by atoms with Gasteiger partial charge in [-0.15, -0.1) is 0 Å². The van der Waals surface area contributed by atoms with E-state index in [0.29, 0.717) is 5.41 Å². The summed E-state index contributed by atoms with van der Waals surface area (Å²) in [5.41, 5.74) is 0.419. The molecule has 4 heteroatoms. The molecule has 3 nitrogen and oxygen atoms in total. The van der Waals surface area contributed by atoms with Gasteiger partial charge < -0.3 is 4.90 Å². The van der Waals surface area contributed by atoms with Crippen LogP contribution in [0, 0.1) is 5.41 Å². The molecular formula is C15H29BrN2O. The molecule has 1 saturated heterocycles. The average molecular weight is 333 g/mol. The smallest absolute Gasteiger partial charge is 0.219 e. The number of piperazine rings is 1. The molecule has 0 saturated carbocycles. The maximum atomic E-state index is 11.4. The number of halogens is 1. The molecule has 0 aliphatic carbocycles. The van der Waals surface area contributed by atoms with Crippen LogP contribution >= 0.6 is 15.9 Å². The van der Waals surface area contributed by atoms with Gasteiger partial charge in [-0.3, -0.25) is 9.69 Å². The van der Waals surface area contributed by atoms with Gasteiger partial charge in [0.1, 0.15) is 0 Å². The molecule has 1 rings (SSSR count). The summed E-state index contributed by atoms with van der Waals surface area (Å²) in [5.74, 6) is 0.216. The Kier molecular flexibility index (Phi) is 7.37. The van der Waals surface area contributed by atoms with Gasteiger partial charge >= 0.3 is 0 Å². The van der Waals surface area contributed by atoms with Crippen LogP contribution in [0.4, 0.5) is 0 Å². The summed E-state index contributed by atoms with van der Waals surface area (Å²) < 4.78 is 0. The van der Waals surface area contributed by atoms with Crippen molar-refractivity contribution in [3.63, 3.8) is 0 Å². The first-order valence-corrected chi connectivity index (χ1v) is 8.73.